The number of carbonyl (C=O) groups excluding carboxylic acids is 2. The van der Waals surface area contributed by atoms with Crippen LogP contribution in [-0.2, 0) is 31.9 Å². The van der Waals surface area contributed by atoms with Crippen molar-refractivity contribution in [3.63, 3.8) is 0 Å². The van der Waals surface area contributed by atoms with E-state index in [1.54, 1.807) is 13.8 Å². The van der Waals surface area contributed by atoms with Gasteiger partial charge in [0.2, 0.25) is 0 Å². The maximum absolute atomic E-state index is 12.3. The molecular weight excluding hydrogens is 677 g/mol. The highest BCUT2D eigenvalue weighted by Gasteiger charge is 2.35. The minimum Gasteiger partial charge on any atom is -0.493 e. The molecular formula is C47H76O7. The molecule has 54 heavy (non-hydrogen) atoms. The molecule has 0 spiro atoms. The van der Waals surface area contributed by atoms with Crippen LogP contribution in [0.2, 0.25) is 0 Å². The molecule has 0 heterocycles. The van der Waals surface area contributed by atoms with Crippen molar-refractivity contribution in [3.05, 3.63) is 41.0 Å². The second kappa shape index (κ2) is 23.0. The summed E-state index contributed by atoms with van der Waals surface area (Å²) in [5.74, 6) is 5.18. The average molecular weight is 753 g/mol. The van der Waals surface area contributed by atoms with E-state index in [1.807, 2.05) is 6.92 Å². The summed E-state index contributed by atoms with van der Waals surface area (Å²) in [6.07, 6.45) is 24.6. The maximum atomic E-state index is 12.3. The van der Waals surface area contributed by atoms with E-state index in [2.05, 4.69) is 25.6 Å². The van der Waals surface area contributed by atoms with Gasteiger partial charge in [0.1, 0.15) is 5.75 Å². The average Bonchev–Trinajstić information content (AvgIpc) is 3.20. The smallest absolute Gasteiger partial charge is 0.333 e. The lowest BCUT2D eigenvalue weighted by atomic mass is 9.64. The summed E-state index contributed by atoms with van der Waals surface area (Å²) in [6, 6.07) is 4.52. The summed E-state index contributed by atoms with van der Waals surface area (Å²) in [7, 11) is 0. The Hall–Kier alpha value is -2.38. The van der Waals surface area contributed by atoms with Crippen molar-refractivity contribution >= 4 is 11.9 Å². The predicted octanol–water partition coefficient (Wildman–Crippen LogP) is 10.5. The van der Waals surface area contributed by atoms with E-state index < -0.39 is 11.4 Å². The number of aliphatic hydroxyl groups excluding tert-OH is 2. The fraction of sp³-hybridized carbons (Fsp3) is 0.787. The topological polar surface area (TPSA) is 102 Å². The first-order chi connectivity index (χ1) is 26.1. The molecule has 7 nitrogen and oxygen atoms in total. The number of rotatable bonds is 22. The first-order valence-corrected chi connectivity index (χ1v) is 22.1. The molecule has 1 aromatic rings. The molecule has 3 aliphatic rings. The molecule has 3 saturated carbocycles. The maximum Gasteiger partial charge on any atom is 0.333 e. The highest BCUT2D eigenvalue weighted by atomic mass is 16.5. The molecule has 0 amide bonds. The van der Waals surface area contributed by atoms with Crippen LogP contribution in [0, 0.1) is 35.0 Å². The van der Waals surface area contributed by atoms with Gasteiger partial charge in [-0.25, -0.2) is 4.79 Å². The van der Waals surface area contributed by atoms with Gasteiger partial charge in [-0.2, -0.15) is 0 Å². The second-order valence-electron chi connectivity index (χ2n) is 17.5. The van der Waals surface area contributed by atoms with Crippen LogP contribution in [0.3, 0.4) is 0 Å². The number of ether oxygens (including phenoxy) is 3. The first-order valence-electron chi connectivity index (χ1n) is 22.1. The molecule has 2 N–H and O–H groups in total. The largest absolute Gasteiger partial charge is 0.493 e. The van der Waals surface area contributed by atoms with Gasteiger partial charge < -0.3 is 24.4 Å². The lowest BCUT2D eigenvalue weighted by molar-refractivity contribution is -0.143. The van der Waals surface area contributed by atoms with Crippen LogP contribution in [0.25, 0.3) is 0 Å². The number of hydrogen-bond donors (Lipinski definition) is 2. The van der Waals surface area contributed by atoms with E-state index in [1.165, 1.54) is 108 Å². The van der Waals surface area contributed by atoms with Crippen LogP contribution in [0.1, 0.15) is 172 Å². The summed E-state index contributed by atoms with van der Waals surface area (Å²) in [4.78, 5) is 24.3. The Labute approximate surface area is 328 Å². The lowest BCUT2D eigenvalue weighted by Gasteiger charge is -2.41. The van der Waals surface area contributed by atoms with E-state index in [4.69, 9.17) is 14.2 Å². The molecule has 0 unspecified atom stereocenters. The van der Waals surface area contributed by atoms with Gasteiger partial charge in [-0.15, -0.1) is 0 Å². The van der Waals surface area contributed by atoms with Gasteiger partial charge in [0.05, 0.1) is 33.0 Å². The van der Waals surface area contributed by atoms with Crippen molar-refractivity contribution in [3.8, 4) is 5.75 Å². The third kappa shape index (κ3) is 13.1. The number of hydrogen-bond acceptors (Lipinski definition) is 7. The SMILES string of the molecule is C=C(C)C(=O)OCCc1cc(C2CCC(C3CCC(C4CCC(CCCCC)CC4)CC3)CC2)cc(CCOC(=O)CC)c1OCCC(CC)(CO)CO. The van der Waals surface area contributed by atoms with Gasteiger partial charge in [-0.05, 0) is 136 Å². The van der Waals surface area contributed by atoms with Gasteiger partial charge in [0.15, 0.2) is 0 Å². The molecule has 3 aliphatic carbocycles. The Kier molecular flexibility index (Phi) is 18.9. The number of benzene rings is 1. The third-order valence-electron chi connectivity index (χ3n) is 13.9. The third-order valence-corrected chi connectivity index (χ3v) is 13.9. The molecule has 0 saturated heterocycles. The Balaban J connectivity index is 1.41. The summed E-state index contributed by atoms with van der Waals surface area (Å²) in [5.41, 5.74) is 3.01. The van der Waals surface area contributed by atoms with Crippen molar-refractivity contribution < 1.29 is 34.0 Å². The molecule has 0 aliphatic heterocycles. The van der Waals surface area contributed by atoms with Crippen molar-refractivity contribution in [2.75, 3.05) is 33.0 Å². The minimum atomic E-state index is -0.612. The van der Waals surface area contributed by atoms with Crippen molar-refractivity contribution in [2.24, 2.45) is 35.0 Å². The summed E-state index contributed by atoms with van der Waals surface area (Å²) in [6.45, 7) is 12.0. The molecule has 0 radical (unpaired) electrons. The predicted molar refractivity (Wildman–Crippen MR) is 218 cm³/mol. The molecule has 1 aromatic carbocycles. The normalized spacial score (nSPS) is 24.9. The van der Waals surface area contributed by atoms with Crippen molar-refractivity contribution in [1.29, 1.82) is 0 Å². The zero-order chi connectivity index (χ0) is 38.9. The Morgan fingerprint density at radius 1 is 0.741 bits per heavy atom. The minimum absolute atomic E-state index is 0.115. The molecule has 0 aromatic heterocycles. The second-order valence-corrected chi connectivity index (χ2v) is 17.5. The molecule has 0 bridgehead atoms. The van der Waals surface area contributed by atoms with Gasteiger partial charge in [0.25, 0.3) is 0 Å². The fourth-order valence-electron chi connectivity index (χ4n) is 9.95. The number of unbranched alkanes of at least 4 members (excludes halogenated alkanes) is 2. The van der Waals surface area contributed by atoms with Crippen LogP contribution >= 0.6 is 0 Å². The van der Waals surface area contributed by atoms with Gasteiger partial charge >= 0.3 is 11.9 Å². The van der Waals surface area contributed by atoms with Crippen LogP contribution in [0.5, 0.6) is 5.75 Å². The van der Waals surface area contributed by atoms with Gasteiger partial charge in [0, 0.05) is 30.3 Å². The monoisotopic (exact) mass is 753 g/mol. The molecule has 4 rings (SSSR count). The number of aliphatic hydroxyl groups is 2. The summed E-state index contributed by atoms with van der Waals surface area (Å²) < 4.78 is 17.6. The van der Waals surface area contributed by atoms with Crippen LogP contribution in [0.15, 0.2) is 24.3 Å². The van der Waals surface area contributed by atoms with Gasteiger partial charge in [-0.3, -0.25) is 4.79 Å². The van der Waals surface area contributed by atoms with E-state index in [0.29, 0.717) is 50.2 Å². The zero-order valence-electron chi connectivity index (χ0n) is 34.6. The van der Waals surface area contributed by atoms with Crippen LogP contribution in [0.4, 0.5) is 0 Å². The van der Waals surface area contributed by atoms with E-state index in [-0.39, 0.29) is 32.4 Å². The van der Waals surface area contributed by atoms with Crippen LogP contribution < -0.4 is 4.74 Å². The number of carbonyl (C=O) groups is 2. The first kappa shape index (κ1) is 44.3. The fourth-order valence-corrected chi connectivity index (χ4v) is 9.95. The summed E-state index contributed by atoms with van der Waals surface area (Å²) in [5, 5.41) is 20.1. The molecule has 306 valence electrons. The summed E-state index contributed by atoms with van der Waals surface area (Å²) >= 11 is 0. The van der Waals surface area contributed by atoms with Crippen molar-refractivity contribution in [1.82, 2.24) is 0 Å². The zero-order valence-corrected chi connectivity index (χ0v) is 34.6. The molecule has 3 fully saturated rings. The number of esters is 2. The van der Waals surface area contributed by atoms with Crippen molar-refractivity contribution in [2.45, 2.75) is 168 Å². The van der Waals surface area contributed by atoms with E-state index in [0.717, 1.165) is 46.5 Å². The highest BCUT2D eigenvalue weighted by molar-refractivity contribution is 5.86. The Bertz CT molecular complexity index is 1270. The van der Waals surface area contributed by atoms with E-state index >= 15 is 0 Å². The van der Waals surface area contributed by atoms with Crippen LogP contribution in [-0.4, -0.2) is 55.2 Å². The Morgan fingerprint density at radius 3 is 1.74 bits per heavy atom. The lowest BCUT2D eigenvalue weighted by Crippen LogP contribution is -2.31. The van der Waals surface area contributed by atoms with E-state index in [9.17, 15) is 19.8 Å². The standard InChI is InChI=1S/C47H76O7/c1-6-9-10-11-35-12-14-36(15-13-35)37-16-18-38(19-17-37)39-20-22-40(23-21-39)43-30-41(24-27-52-44(50)7-2)45(53-29-26-47(8-3,32-48)33-49)42(31-43)25-28-54-46(51)34(4)5/h30-31,35-40,48-49H,4,6-29,32-33H2,1-3,5H3. The quantitative estimate of drug-likeness (QED) is 0.0691. The van der Waals surface area contributed by atoms with Gasteiger partial charge in [-0.1, -0.05) is 78.0 Å². The Morgan fingerprint density at radius 2 is 1.26 bits per heavy atom. The molecule has 7 heteroatoms. The highest BCUT2D eigenvalue weighted by Crippen LogP contribution is 2.48. The molecule has 0 atom stereocenters.